The van der Waals surface area contributed by atoms with E-state index in [2.05, 4.69) is 5.32 Å². The molecule has 0 saturated carbocycles. The van der Waals surface area contributed by atoms with Crippen LogP contribution < -0.4 is 5.32 Å². The van der Waals surface area contributed by atoms with Crippen molar-refractivity contribution in [1.29, 1.82) is 0 Å². The maximum atomic E-state index is 13.5. The molecule has 1 unspecified atom stereocenters. The van der Waals surface area contributed by atoms with Gasteiger partial charge in [-0.3, -0.25) is 4.79 Å². The van der Waals surface area contributed by atoms with E-state index < -0.39 is 0 Å². The number of carbonyl (C=O) groups is 1. The Hall–Kier alpha value is -3.25. The Kier molecular flexibility index (Phi) is 4.10. The second-order valence-corrected chi connectivity index (χ2v) is 8.38. The third kappa shape index (κ3) is 2.79. The lowest BCUT2D eigenvalue weighted by Gasteiger charge is -2.24. The first-order valence-corrected chi connectivity index (χ1v) is 10.3. The van der Waals surface area contributed by atoms with E-state index in [0.717, 1.165) is 43.9 Å². The van der Waals surface area contributed by atoms with Gasteiger partial charge in [-0.1, -0.05) is 54.6 Å². The van der Waals surface area contributed by atoms with E-state index in [1.165, 1.54) is 0 Å². The van der Waals surface area contributed by atoms with Crippen LogP contribution in [-0.4, -0.2) is 35.7 Å². The highest BCUT2D eigenvalue weighted by molar-refractivity contribution is 7.16. The van der Waals surface area contributed by atoms with Gasteiger partial charge in [0, 0.05) is 25.2 Å². The summed E-state index contributed by atoms with van der Waals surface area (Å²) in [5.41, 5.74) is 5.06. The van der Waals surface area contributed by atoms with E-state index >= 15 is 0 Å². The predicted molar refractivity (Wildman–Crippen MR) is 117 cm³/mol. The molecule has 5 rings (SSSR count). The van der Waals surface area contributed by atoms with Gasteiger partial charge in [0.25, 0.3) is 0 Å². The van der Waals surface area contributed by atoms with Crippen LogP contribution in [0, 0.1) is 6.92 Å². The summed E-state index contributed by atoms with van der Waals surface area (Å²) in [4.78, 5) is 26.0. The average Bonchev–Trinajstić information content (AvgIpc) is 3.34. The predicted octanol–water partition coefficient (Wildman–Crippen LogP) is 4.29. The molecule has 1 N–H and O–H groups in total. The van der Waals surface area contributed by atoms with Crippen molar-refractivity contribution in [3.8, 4) is 10.6 Å². The molecule has 0 spiro atoms. The van der Waals surface area contributed by atoms with Crippen LogP contribution in [0.5, 0.6) is 0 Å². The van der Waals surface area contributed by atoms with Crippen LogP contribution in [-0.2, 0) is 0 Å². The van der Waals surface area contributed by atoms with Gasteiger partial charge in [0.2, 0.25) is 0 Å². The Morgan fingerprint density at radius 1 is 1.03 bits per heavy atom. The molecule has 144 valence electrons. The minimum atomic E-state index is -0.127. The van der Waals surface area contributed by atoms with E-state index in [4.69, 9.17) is 9.98 Å². The fourth-order valence-electron chi connectivity index (χ4n) is 3.82. The number of hydrogen-bond acceptors (Lipinski definition) is 6. The number of aliphatic imine (C=N–C) groups is 1. The molecule has 2 heterocycles. The lowest BCUT2D eigenvalue weighted by Crippen LogP contribution is -2.35. The number of carbonyl (C=O) groups excluding carboxylic acids is 1. The zero-order chi connectivity index (χ0) is 20.1. The molecule has 5 nitrogen and oxygen atoms in total. The quantitative estimate of drug-likeness (QED) is 0.697. The maximum absolute atomic E-state index is 13.5. The topological polar surface area (TPSA) is 57.6 Å². The van der Waals surface area contributed by atoms with Crippen molar-refractivity contribution in [3.05, 3.63) is 82.0 Å². The number of nitrogens with one attached hydrogen (secondary N) is 1. The summed E-state index contributed by atoms with van der Waals surface area (Å²) in [6, 6.07) is 17.7. The smallest absolute Gasteiger partial charge is 0.199 e. The first-order chi connectivity index (χ1) is 14.0. The summed E-state index contributed by atoms with van der Waals surface area (Å²) in [7, 11) is 3.89. The zero-order valence-corrected chi connectivity index (χ0v) is 17.2. The SMILES string of the molecule is Cc1nc(-c2ccccc2)sc1C1=C2N=C(N(C)C)NC2c2ccccc2C1=O. The molecule has 0 radical (unpaired) electrons. The summed E-state index contributed by atoms with van der Waals surface area (Å²) >= 11 is 1.56. The zero-order valence-electron chi connectivity index (χ0n) is 16.4. The van der Waals surface area contributed by atoms with Crippen molar-refractivity contribution >= 4 is 28.7 Å². The molecule has 6 heteroatoms. The van der Waals surface area contributed by atoms with Gasteiger partial charge >= 0.3 is 0 Å². The number of nitrogens with zero attached hydrogens (tertiary/aromatic N) is 3. The summed E-state index contributed by atoms with van der Waals surface area (Å²) in [6.07, 6.45) is 0. The number of aryl methyl sites for hydroxylation is 1. The Balaban J connectivity index is 1.72. The van der Waals surface area contributed by atoms with Gasteiger partial charge in [0.15, 0.2) is 11.7 Å². The fraction of sp³-hybridized carbons (Fsp3) is 0.174. The number of benzene rings is 2. The highest BCUT2D eigenvalue weighted by Crippen LogP contribution is 2.44. The highest BCUT2D eigenvalue weighted by Gasteiger charge is 2.39. The lowest BCUT2D eigenvalue weighted by atomic mass is 9.84. The summed E-state index contributed by atoms with van der Waals surface area (Å²) in [5, 5.41) is 4.39. The molecule has 2 aromatic carbocycles. The Morgan fingerprint density at radius 3 is 2.52 bits per heavy atom. The normalized spacial score (nSPS) is 17.6. The number of aromatic nitrogens is 1. The molecule has 0 fully saturated rings. The van der Waals surface area contributed by atoms with Crippen molar-refractivity contribution in [2.45, 2.75) is 13.0 Å². The number of fused-ring (bicyclic) bond motifs is 3. The van der Waals surface area contributed by atoms with Crippen LogP contribution in [0.1, 0.15) is 32.5 Å². The number of rotatable bonds is 2. The van der Waals surface area contributed by atoms with Crippen molar-refractivity contribution < 1.29 is 4.79 Å². The molecule has 1 atom stereocenters. The van der Waals surface area contributed by atoms with Crippen LogP contribution >= 0.6 is 11.3 Å². The van der Waals surface area contributed by atoms with Gasteiger partial charge in [-0.15, -0.1) is 11.3 Å². The average molecular weight is 401 g/mol. The van der Waals surface area contributed by atoms with E-state index in [9.17, 15) is 4.79 Å². The minimum Gasteiger partial charge on any atom is -0.349 e. The second kappa shape index (κ2) is 6.67. The summed E-state index contributed by atoms with van der Waals surface area (Å²) < 4.78 is 0. The van der Waals surface area contributed by atoms with Crippen LogP contribution in [0.25, 0.3) is 16.1 Å². The van der Waals surface area contributed by atoms with Crippen molar-refractivity contribution in [1.82, 2.24) is 15.2 Å². The van der Waals surface area contributed by atoms with Crippen molar-refractivity contribution in [3.63, 3.8) is 0 Å². The van der Waals surface area contributed by atoms with Gasteiger partial charge < -0.3 is 10.2 Å². The molecule has 29 heavy (non-hydrogen) atoms. The molecule has 2 aliphatic rings. The van der Waals surface area contributed by atoms with Crippen LogP contribution in [0.3, 0.4) is 0 Å². The molecule has 1 aliphatic carbocycles. The van der Waals surface area contributed by atoms with Crippen molar-refractivity contribution in [2.24, 2.45) is 4.99 Å². The van der Waals surface area contributed by atoms with Gasteiger partial charge in [0.1, 0.15) is 5.01 Å². The largest absolute Gasteiger partial charge is 0.349 e. The number of guanidine groups is 1. The summed E-state index contributed by atoms with van der Waals surface area (Å²) in [5.74, 6) is 0.779. The van der Waals surface area contributed by atoms with Crippen LogP contribution in [0.2, 0.25) is 0 Å². The fourth-order valence-corrected chi connectivity index (χ4v) is 4.94. The number of hydrogen-bond donors (Lipinski definition) is 1. The summed E-state index contributed by atoms with van der Waals surface area (Å²) in [6.45, 7) is 1.97. The number of thiazole rings is 1. The van der Waals surface area contributed by atoms with Gasteiger partial charge in [-0.05, 0) is 12.5 Å². The van der Waals surface area contributed by atoms with Gasteiger partial charge in [0.05, 0.1) is 27.9 Å². The Labute approximate surface area is 173 Å². The first-order valence-electron chi connectivity index (χ1n) is 9.48. The molecular formula is C23H20N4OS. The molecule has 3 aromatic rings. The van der Waals surface area contributed by atoms with E-state index in [1.54, 1.807) is 11.3 Å². The molecular weight excluding hydrogens is 380 g/mol. The molecule has 0 amide bonds. The number of Topliss-reactive ketones (excluding diaryl/α,β-unsaturated/α-hetero) is 1. The standard InChI is InChI=1S/C23H20N4OS/c1-13-21(29-22(24-13)14-9-5-4-6-10-14)17-19-18(25-23(26-19)27(2)3)15-11-7-8-12-16(15)20(17)28/h4-12,18H,1-3H3,(H,25,26). The molecule has 1 aliphatic heterocycles. The van der Waals surface area contributed by atoms with Gasteiger partial charge in [-0.2, -0.15) is 0 Å². The number of ketones is 1. The Morgan fingerprint density at radius 2 is 1.76 bits per heavy atom. The maximum Gasteiger partial charge on any atom is 0.199 e. The third-order valence-electron chi connectivity index (χ3n) is 5.24. The minimum absolute atomic E-state index is 0.0174. The van der Waals surface area contributed by atoms with Crippen LogP contribution in [0.4, 0.5) is 0 Å². The lowest BCUT2D eigenvalue weighted by molar-refractivity contribution is 0.105. The molecule has 1 aromatic heterocycles. The molecule has 0 saturated heterocycles. The highest BCUT2D eigenvalue weighted by atomic mass is 32.1. The van der Waals surface area contributed by atoms with Gasteiger partial charge in [-0.25, -0.2) is 9.98 Å². The van der Waals surface area contributed by atoms with E-state index in [-0.39, 0.29) is 11.8 Å². The monoisotopic (exact) mass is 400 g/mol. The van der Waals surface area contributed by atoms with E-state index in [0.29, 0.717) is 5.57 Å². The van der Waals surface area contributed by atoms with Crippen LogP contribution in [0.15, 0.2) is 65.3 Å². The second-order valence-electron chi connectivity index (χ2n) is 7.38. The third-order valence-corrected chi connectivity index (χ3v) is 6.46. The number of allylic oxidation sites excluding steroid dienone is 1. The molecule has 0 bridgehead atoms. The van der Waals surface area contributed by atoms with Crippen molar-refractivity contribution in [2.75, 3.05) is 14.1 Å². The van der Waals surface area contributed by atoms with E-state index in [1.807, 2.05) is 80.5 Å². The first kappa shape index (κ1) is 17.8. The Bertz CT molecular complexity index is 1190.